The van der Waals surface area contributed by atoms with Crippen molar-refractivity contribution in [3.05, 3.63) is 27.2 Å². The van der Waals surface area contributed by atoms with Crippen molar-refractivity contribution in [3.63, 3.8) is 0 Å². The van der Waals surface area contributed by atoms with Gasteiger partial charge in [0.15, 0.2) is 5.65 Å². The maximum atomic E-state index is 12.6. The van der Waals surface area contributed by atoms with Crippen LogP contribution >= 0.6 is 0 Å². The van der Waals surface area contributed by atoms with Crippen molar-refractivity contribution in [2.45, 2.75) is 50.6 Å². The molecule has 2 aromatic rings. The van der Waals surface area contributed by atoms with Gasteiger partial charge in [0.1, 0.15) is 5.52 Å². The van der Waals surface area contributed by atoms with Crippen LogP contribution in [0.3, 0.4) is 0 Å². The molecule has 0 aromatic carbocycles. The summed E-state index contributed by atoms with van der Waals surface area (Å²) in [5, 5.41) is 0. The quantitative estimate of drug-likeness (QED) is 0.885. The van der Waals surface area contributed by atoms with Crippen molar-refractivity contribution in [1.29, 1.82) is 0 Å². The first-order chi connectivity index (χ1) is 9.27. The summed E-state index contributed by atoms with van der Waals surface area (Å²) in [5.41, 5.74) is 0.616. The van der Waals surface area contributed by atoms with Gasteiger partial charge in [0, 0.05) is 12.1 Å². The van der Waals surface area contributed by atoms with Crippen LogP contribution in [-0.2, 0) is 0 Å². The number of hydrogen-bond acceptors (Lipinski definition) is 3. The lowest BCUT2D eigenvalue weighted by Gasteiger charge is -2.31. The fraction of sp³-hybridized carbons (Fsp3) is 0.615. The van der Waals surface area contributed by atoms with Crippen LogP contribution in [0.2, 0.25) is 0 Å². The average Bonchev–Trinajstić information content (AvgIpc) is 2.73. The number of H-pyrrole nitrogens is 1. The Labute approximate surface area is 109 Å². The number of nitrogens with zero attached hydrogens (tertiary/aromatic N) is 3. The molecule has 19 heavy (non-hydrogen) atoms. The molecule has 2 heterocycles. The predicted molar refractivity (Wildman–Crippen MR) is 70.4 cm³/mol. The van der Waals surface area contributed by atoms with E-state index in [1.165, 1.54) is 10.9 Å². The van der Waals surface area contributed by atoms with E-state index in [1.807, 2.05) is 0 Å². The molecule has 4 rings (SSSR count). The number of nitrogens with one attached hydrogen (secondary N) is 1. The molecule has 0 bridgehead atoms. The SMILES string of the molecule is O=c1c2[nH]cnc2n(C2CCC2)c(=O)n1C1CCC1. The molecule has 2 saturated carbocycles. The molecule has 0 unspecified atom stereocenters. The standard InChI is InChI=1S/C13H16N4O2/c18-12-10-11(15-7-14-10)16(8-3-1-4-8)13(19)17(12)9-5-2-6-9/h7-9H,1-6H2,(H,14,15). The van der Waals surface area contributed by atoms with E-state index in [2.05, 4.69) is 9.97 Å². The normalized spacial score (nSPS) is 20.4. The number of aromatic nitrogens is 4. The van der Waals surface area contributed by atoms with E-state index in [-0.39, 0.29) is 23.3 Å². The van der Waals surface area contributed by atoms with Gasteiger partial charge in [0.2, 0.25) is 0 Å². The van der Waals surface area contributed by atoms with Crippen molar-refractivity contribution in [1.82, 2.24) is 19.1 Å². The van der Waals surface area contributed by atoms with Crippen LogP contribution < -0.4 is 11.2 Å². The Morgan fingerprint density at radius 2 is 1.68 bits per heavy atom. The first kappa shape index (κ1) is 11.0. The highest BCUT2D eigenvalue weighted by Crippen LogP contribution is 2.33. The Balaban J connectivity index is 2.05. The molecule has 2 fully saturated rings. The first-order valence-corrected chi connectivity index (χ1v) is 6.97. The summed E-state index contributed by atoms with van der Waals surface area (Å²) in [6, 6.07) is 0.296. The van der Waals surface area contributed by atoms with Crippen molar-refractivity contribution in [3.8, 4) is 0 Å². The highest BCUT2D eigenvalue weighted by atomic mass is 16.2. The molecule has 1 N–H and O–H groups in total. The molecule has 6 nitrogen and oxygen atoms in total. The molecule has 2 aromatic heterocycles. The van der Waals surface area contributed by atoms with E-state index in [9.17, 15) is 9.59 Å². The Bertz CT molecular complexity index is 746. The molecule has 2 aliphatic rings. The van der Waals surface area contributed by atoms with Crippen LogP contribution in [0.15, 0.2) is 15.9 Å². The van der Waals surface area contributed by atoms with Gasteiger partial charge in [-0.05, 0) is 38.5 Å². The van der Waals surface area contributed by atoms with Crippen LogP contribution in [0.25, 0.3) is 11.2 Å². The topological polar surface area (TPSA) is 72.7 Å². The van der Waals surface area contributed by atoms with Crippen LogP contribution in [0.5, 0.6) is 0 Å². The highest BCUT2D eigenvalue weighted by Gasteiger charge is 2.30. The molecule has 100 valence electrons. The van der Waals surface area contributed by atoms with Gasteiger partial charge in [-0.2, -0.15) is 0 Å². The summed E-state index contributed by atoms with van der Waals surface area (Å²) < 4.78 is 3.18. The molecule has 6 heteroatoms. The third-order valence-corrected chi connectivity index (χ3v) is 4.57. The largest absolute Gasteiger partial charge is 0.339 e. The molecular formula is C13H16N4O2. The fourth-order valence-electron chi connectivity index (χ4n) is 2.98. The Morgan fingerprint density at radius 3 is 2.26 bits per heavy atom. The number of hydrogen-bond donors (Lipinski definition) is 1. The number of rotatable bonds is 2. The Morgan fingerprint density at radius 1 is 1.05 bits per heavy atom. The van der Waals surface area contributed by atoms with E-state index >= 15 is 0 Å². The zero-order chi connectivity index (χ0) is 13.0. The third-order valence-electron chi connectivity index (χ3n) is 4.57. The number of imidazole rings is 1. The molecule has 0 atom stereocenters. The van der Waals surface area contributed by atoms with E-state index in [4.69, 9.17) is 0 Å². The minimum Gasteiger partial charge on any atom is -0.339 e. The third kappa shape index (κ3) is 1.39. The second-order valence-electron chi connectivity index (χ2n) is 5.60. The minimum absolute atomic E-state index is 0.0824. The van der Waals surface area contributed by atoms with Gasteiger partial charge in [0.25, 0.3) is 5.56 Å². The summed E-state index contributed by atoms with van der Waals surface area (Å²) in [6.45, 7) is 0. The second kappa shape index (κ2) is 3.82. The van der Waals surface area contributed by atoms with Gasteiger partial charge >= 0.3 is 5.69 Å². The first-order valence-electron chi connectivity index (χ1n) is 6.97. The Kier molecular flexibility index (Phi) is 2.22. The minimum atomic E-state index is -0.210. The number of aromatic amines is 1. The van der Waals surface area contributed by atoms with Crippen LogP contribution in [0.1, 0.15) is 50.6 Å². The maximum Gasteiger partial charge on any atom is 0.333 e. The summed E-state index contributed by atoms with van der Waals surface area (Å²) in [6.07, 6.45) is 7.62. The number of fused-ring (bicyclic) bond motifs is 1. The smallest absolute Gasteiger partial charge is 0.333 e. The second-order valence-corrected chi connectivity index (χ2v) is 5.60. The lowest BCUT2D eigenvalue weighted by atomic mass is 9.92. The predicted octanol–water partition coefficient (Wildman–Crippen LogP) is 1.34. The van der Waals surface area contributed by atoms with E-state index < -0.39 is 0 Å². The van der Waals surface area contributed by atoms with Gasteiger partial charge in [0.05, 0.1) is 6.33 Å². The van der Waals surface area contributed by atoms with Gasteiger partial charge in [-0.1, -0.05) is 0 Å². The van der Waals surface area contributed by atoms with Crippen molar-refractivity contribution < 1.29 is 0 Å². The zero-order valence-electron chi connectivity index (χ0n) is 10.6. The van der Waals surface area contributed by atoms with Crippen LogP contribution in [0.4, 0.5) is 0 Å². The van der Waals surface area contributed by atoms with Crippen molar-refractivity contribution >= 4 is 11.2 Å². The van der Waals surface area contributed by atoms with Gasteiger partial charge in [-0.15, -0.1) is 0 Å². The molecule has 0 aliphatic heterocycles. The zero-order valence-corrected chi connectivity index (χ0v) is 10.6. The van der Waals surface area contributed by atoms with Crippen molar-refractivity contribution in [2.75, 3.05) is 0 Å². The van der Waals surface area contributed by atoms with Gasteiger partial charge in [-0.25, -0.2) is 9.78 Å². The highest BCUT2D eigenvalue weighted by molar-refractivity contribution is 5.69. The lowest BCUT2D eigenvalue weighted by Crippen LogP contribution is -2.46. The van der Waals surface area contributed by atoms with E-state index in [1.54, 1.807) is 4.57 Å². The lowest BCUT2D eigenvalue weighted by molar-refractivity contribution is 0.265. The molecule has 0 spiro atoms. The van der Waals surface area contributed by atoms with Crippen LogP contribution in [0, 0.1) is 0 Å². The van der Waals surface area contributed by atoms with E-state index in [0.29, 0.717) is 11.2 Å². The Hall–Kier alpha value is -1.85. The van der Waals surface area contributed by atoms with Gasteiger partial charge < -0.3 is 4.98 Å². The van der Waals surface area contributed by atoms with Crippen molar-refractivity contribution in [2.24, 2.45) is 0 Å². The molecular weight excluding hydrogens is 244 g/mol. The van der Waals surface area contributed by atoms with Crippen LogP contribution in [-0.4, -0.2) is 19.1 Å². The maximum absolute atomic E-state index is 12.6. The summed E-state index contributed by atoms with van der Waals surface area (Å²) in [5.74, 6) is 0. The molecule has 0 saturated heterocycles. The molecule has 2 aliphatic carbocycles. The summed E-state index contributed by atoms with van der Waals surface area (Å²) >= 11 is 0. The monoisotopic (exact) mass is 260 g/mol. The summed E-state index contributed by atoms with van der Waals surface area (Å²) in [7, 11) is 0. The average molecular weight is 260 g/mol. The van der Waals surface area contributed by atoms with E-state index in [0.717, 1.165) is 38.5 Å². The molecule has 0 radical (unpaired) electrons. The summed E-state index contributed by atoms with van der Waals surface area (Å²) in [4.78, 5) is 32.1. The van der Waals surface area contributed by atoms with Gasteiger partial charge in [-0.3, -0.25) is 13.9 Å². The fourth-order valence-corrected chi connectivity index (χ4v) is 2.98. The molecule has 0 amide bonds.